The average molecular weight is 322 g/mol. The van der Waals surface area contributed by atoms with Crippen LogP contribution in [0.2, 0.25) is 0 Å². The summed E-state index contributed by atoms with van der Waals surface area (Å²) in [5.41, 5.74) is 6.67. The second-order valence-corrected chi connectivity index (χ2v) is 6.97. The van der Waals surface area contributed by atoms with E-state index in [-0.39, 0.29) is 0 Å². The van der Waals surface area contributed by atoms with Gasteiger partial charge in [-0.1, -0.05) is 13.8 Å². The lowest BCUT2D eigenvalue weighted by Gasteiger charge is -2.20. The zero-order chi connectivity index (χ0) is 16.3. The summed E-state index contributed by atoms with van der Waals surface area (Å²) in [6, 6.07) is 0. The Balaban J connectivity index is 1.90. The van der Waals surface area contributed by atoms with Crippen molar-refractivity contribution in [2.75, 3.05) is 0 Å². The Morgan fingerprint density at radius 1 is 1.21 bits per heavy atom. The Hall–Kier alpha value is -2.57. The Kier molecular flexibility index (Phi) is 2.86. The maximum atomic E-state index is 6.08. The molecule has 0 radical (unpaired) electrons. The van der Waals surface area contributed by atoms with Crippen LogP contribution in [0.3, 0.4) is 0 Å². The van der Waals surface area contributed by atoms with Gasteiger partial charge in [0.25, 0.3) is 0 Å². The van der Waals surface area contributed by atoms with Crippen molar-refractivity contribution in [1.82, 2.24) is 30.0 Å². The second-order valence-electron chi connectivity index (χ2n) is 6.97. The number of hydrogen-bond acceptors (Lipinski definition) is 6. The summed E-state index contributed by atoms with van der Waals surface area (Å²) in [7, 11) is 0. The first-order valence-electron chi connectivity index (χ1n) is 8.52. The largest absolute Gasteiger partial charge is 0.432 e. The highest BCUT2D eigenvalue weighted by molar-refractivity contribution is 6.07. The molecule has 0 aliphatic heterocycles. The van der Waals surface area contributed by atoms with Gasteiger partial charge < -0.3 is 4.42 Å². The van der Waals surface area contributed by atoms with Gasteiger partial charge in [-0.05, 0) is 59.6 Å². The molecule has 1 aliphatic rings. The van der Waals surface area contributed by atoms with Crippen molar-refractivity contribution in [3.63, 3.8) is 0 Å². The van der Waals surface area contributed by atoms with Crippen molar-refractivity contribution in [3.8, 4) is 0 Å². The van der Waals surface area contributed by atoms with E-state index in [1.54, 1.807) is 6.33 Å². The summed E-state index contributed by atoms with van der Waals surface area (Å²) in [6.45, 7) is 4.46. The van der Waals surface area contributed by atoms with Gasteiger partial charge in [-0.3, -0.25) is 0 Å². The standard InChI is InChI=1S/C17H18N6O/c1-9(2)7-12-10-5-3-4-6-11(10)13-14-15(24-17(13)19-12)16-20-21-22-23(16)8-18-14/h8-9H,3-7H2,1-2H3. The van der Waals surface area contributed by atoms with Gasteiger partial charge in [0, 0.05) is 5.69 Å². The first kappa shape index (κ1) is 13.8. The van der Waals surface area contributed by atoms with Gasteiger partial charge in [0.1, 0.15) is 11.8 Å². The minimum absolute atomic E-state index is 0.566. The highest BCUT2D eigenvalue weighted by Gasteiger charge is 2.24. The highest BCUT2D eigenvalue weighted by Crippen LogP contribution is 2.36. The summed E-state index contributed by atoms with van der Waals surface area (Å²) < 4.78 is 7.61. The third kappa shape index (κ3) is 1.87. The first-order valence-corrected chi connectivity index (χ1v) is 8.52. The molecule has 4 heterocycles. The van der Waals surface area contributed by atoms with Gasteiger partial charge >= 0.3 is 0 Å². The molecule has 24 heavy (non-hydrogen) atoms. The van der Waals surface area contributed by atoms with Crippen molar-refractivity contribution >= 4 is 27.8 Å². The van der Waals surface area contributed by atoms with Crippen molar-refractivity contribution in [3.05, 3.63) is 23.1 Å². The minimum Gasteiger partial charge on any atom is -0.432 e. The summed E-state index contributed by atoms with van der Waals surface area (Å²) in [4.78, 5) is 9.43. The molecular weight excluding hydrogens is 304 g/mol. The van der Waals surface area contributed by atoms with E-state index in [0.29, 0.717) is 22.9 Å². The third-order valence-corrected chi connectivity index (χ3v) is 4.81. The Bertz CT molecular complexity index is 1080. The normalized spacial score (nSPS) is 15.0. The molecule has 4 aromatic heterocycles. The van der Waals surface area contributed by atoms with Crippen LogP contribution in [-0.4, -0.2) is 30.0 Å². The van der Waals surface area contributed by atoms with Gasteiger partial charge in [-0.2, -0.15) is 4.52 Å². The van der Waals surface area contributed by atoms with Crippen LogP contribution < -0.4 is 0 Å². The van der Waals surface area contributed by atoms with Crippen LogP contribution in [0.25, 0.3) is 27.8 Å². The van der Waals surface area contributed by atoms with E-state index in [1.807, 2.05) is 0 Å². The molecule has 5 rings (SSSR count). The molecule has 0 amide bonds. The topological polar surface area (TPSA) is 82.0 Å². The Labute approximate surface area is 138 Å². The zero-order valence-corrected chi connectivity index (χ0v) is 13.8. The van der Waals surface area contributed by atoms with Crippen LogP contribution in [0, 0.1) is 5.92 Å². The molecule has 0 saturated heterocycles. The number of rotatable bonds is 2. The molecule has 122 valence electrons. The summed E-state index contributed by atoms with van der Waals surface area (Å²) in [5.74, 6) is 0.566. The van der Waals surface area contributed by atoms with E-state index in [2.05, 4.69) is 34.4 Å². The quantitative estimate of drug-likeness (QED) is 0.564. The molecule has 0 N–H and O–H groups in total. The van der Waals surface area contributed by atoms with Gasteiger partial charge in [-0.15, -0.1) is 5.10 Å². The van der Waals surface area contributed by atoms with Crippen molar-refractivity contribution < 1.29 is 4.42 Å². The molecule has 1 aliphatic carbocycles. The lowest BCUT2D eigenvalue weighted by molar-refractivity contribution is 0.601. The number of furan rings is 1. The van der Waals surface area contributed by atoms with E-state index >= 15 is 0 Å². The summed E-state index contributed by atoms with van der Waals surface area (Å²) in [6.07, 6.45) is 7.21. The SMILES string of the molecule is CC(C)Cc1nc2oc3c(ncn4nnnc34)c2c2c1CCCC2. The van der Waals surface area contributed by atoms with Crippen molar-refractivity contribution in [2.24, 2.45) is 5.92 Å². The highest BCUT2D eigenvalue weighted by atomic mass is 16.3. The third-order valence-electron chi connectivity index (χ3n) is 4.81. The number of pyridine rings is 1. The minimum atomic E-state index is 0.566. The Morgan fingerprint density at radius 3 is 2.88 bits per heavy atom. The van der Waals surface area contributed by atoms with Crippen LogP contribution in [0.5, 0.6) is 0 Å². The number of aryl methyl sites for hydroxylation is 1. The first-order chi connectivity index (χ1) is 11.7. The molecule has 0 unspecified atom stereocenters. The monoisotopic (exact) mass is 322 g/mol. The predicted octanol–water partition coefficient (Wildman–Crippen LogP) is 2.89. The van der Waals surface area contributed by atoms with E-state index in [9.17, 15) is 0 Å². The van der Waals surface area contributed by atoms with Crippen molar-refractivity contribution in [1.29, 1.82) is 0 Å². The zero-order valence-electron chi connectivity index (χ0n) is 13.8. The molecule has 7 nitrogen and oxygen atoms in total. The molecule has 0 fully saturated rings. The van der Waals surface area contributed by atoms with Gasteiger partial charge in [0.15, 0.2) is 0 Å². The number of aromatic nitrogens is 6. The van der Waals surface area contributed by atoms with Gasteiger partial charge in [0.2, 0.25) is 16.9 Å². The molecule has 7 heteroatoms. The number of nitrogens with zero attached hydrogens (tertiary/aromatic N) is 6. The second kappa shape index (κ2) is 4.96. The van der Waals surface area contributed by atoms with E-state index in [4.69, 9.17) is 9.40 Å². The van der Waals surface area contributed by atoms with Crippen molar-refractivity contribution in [2.45, 2.75) is 46.0 Å². The van der Waals surface area contributed by atoms with Gasteiger partial charge in [0.05, 0.1) is 5.39 Å². The van der Waals surface area contributed by atoms with Crippen LogP contribution in [0.15, 0.2) is 10.7 Å². The Morgan fingerprint density at radius 2 is 2.04 bits per heavy atom. The fraction of sp³-hybridized carbons (Fsp3) is 0.471. The molecule has 0 aromatic carbocycles. The molecule has 0 spiro atoms. The lowest BCUT2D eigenvalue weighted by atomic mass is 9.87. The smallest absolute Gasteiger partial charge is 0.229 e. The molecule has 4 aromatic rings. The number of tetrazole rings is 1. The molecule has 0 bridgehead atoms. The molecule has 0 saturated carbocycles. The average Bonchev–Trinajstić information content (AvgIpc) is 3.17. The molecule has 0 atom stereocenters. The van der Waals surface area contributed by atoms with Crippen LogP contribution in [0.1, 0.15) is 43.5 Å². The maximum absolute atomic E-state index is 6.08. The fourth-order valence-corrected chi connectivity index (χ4v) is 3.81. The van der Waals surface area contributed by atoms with Crippen LogP contribution in [-0.2, 0) is 19.3 Å². The summed E-state index contributed by atoms with van der Waals surface area (Å²) in [5, 5.41) is 12.7. The van der Waals surface area contributed by atoms with E-state index in [1.165, 1.54) is 34.2 Å². The number of hydrogen-bond donors (Lipinski definition) is 0. The van der Waals surface area contributed by atoms with E-state index < -0.39 is 0 Å². The number of fused-ring (bicyclic) bond motifs is 7. The molecular formula is C17H18N6O. The van der Waals surface area contributed by atoms with E-state index in [0.717, 1.165) is 30.2 Å². The van der Waals surface area contributed by atoms with Crippen LogP contribution >= 0.6 is 0 Å². The van der Waals surface area contributed by atoms with Gasteiger partial charge in [-0.25, -0.2) is 9.97 Å². The van der Waals surface area contributed by atoms with Crippen LogP contribution in [0.4, 0.5) is 0 Å². The fourth-order valence-electron chi connectivity index (χ4n) is 3.81. The predicted molar refractivity (Wildman–Crippen MR) is 88.8 cm³/mol. The maximum Gasteiger partial charge on any atom is 0.229 e. The summed E-state index contributed by atoms with van der Waals surface area (Å²) >= 11 is 0. The lowest BCUT2D eigenvalue weighted by Crippen LogP contribution is -2.11.